The highest BCUT2D eigenvalue weighted by molar-refractivity contribution is 5.72. The molecule has 0 amide bonds. The highest BCUT2D eigenvalue weighted by atomic mass is 16.4. The van der Waals surface area contributed by atoms with E-state index in [1.165, 1.54) is 0 Å². The van der Waals surface area contributed by atoms with Crippen LogP contribution < -0.4 is 0 Å². The van der Waals surface area contributed by atoms with Crippen molar-refractivity contribution in [3.63, 3.8) is 0 Å². The molecular weight excluding hydrogens is 164 g/mol. The van der Waals surface area contributed by atoms with Gasteiger partial charge in [0.1, 0.15) is 6.10 Å². The smallest absolute Gasteiger partial charge is 0.335 e. The van der Waals surface area contributed by atoms with Crippen molar-refractivity contribution < 1.29 is 25.2 Å². The molecule has 5 nitrogen and oxygen atoms in total. The molecule has 0 saturated heterocycles. The highest BCUT2D eigenvalue weighted by Crippen LogP contribution is 2.09. The van der Waals surface area contributed by atoms with E-state index < -0.39 is 24.3 Å². The van der Waals surface area contributed by atoms with Crippen molar-refractivity contribution in [3.8, 4) is 0 Å². The highest BCUT2D eigenvalue weighted by Gasteiger charge is 2.31. The summed E-state index contributed by atoms with van der Waals surface area (Å²) in [5, 5.41) is 35.3. The summed E-state index contributed by atoms with van der Waals surface area (Å²) in [4.78, 5) is 10.1. The zero-order valence-electron chi connectivity index (χ0n) is 7.01. The number of aliphatic hydroxyl groups excluding tert-OH is 3. The van der Waals surface area contributed by atoms with Crippen molar-refractivity contribution in [1.29, 1.82) is 0 Å². The van der Waals surface area contributed by atoms with Gasteiger partial charge in [-0.1, -0.05) is 13.8 Å². The Kier molecular flexibility index (Phi) is 4.16. The number of aliphatic carboxylic acids is 1. The van der Waals surface area contributed by atoms with E-state index in [4.69, 9.17) is 20.4 Å². The standard InChI is InChI=1S/C7H14O5/c1-3(2)4(8)5(9)6(10)7(11)12/h3-6,8-10H,1-2H3,(H,11,12). The van der Waals surface area contributed by atoms with Crippen molar-refractivity contribution in [3.05, 3.63) is 0 Å². The van der Waals surface area contributed by atoms with E-state index >= 15 is 0 Å². The lowest BCUT2D eigenvalue weighted by Gasteiger charge is -2.22. The van der Waals surface area contributed by atoms with Gasteiger partial charge in [-0.2, -0.15) is 0 Å². The molecule has 0 aromatic heterocycles. The van der Waals surface area contributed by atoms with Crippen LogP contribution in [0.4, 0.5) is 0 Å². The van der Waals surface area contributed by atoms with Crippen LogP contribution in [0.15, 0.2) is 0 Å². The van der Waals surface area contributed by atoms with Crippen LogP contribution in [0.5, 0.6) is 0 Å². The van der Waals surface area contributed by atoms with Gasteiger partial charge in [-0.05, 0) is 5.92 Å². The number of hydrogen-bond donors (Lipinski definition) is 4. The van der Waals surface area contributed by atoms with Gasteiger partial charge in [0.2, 0.25) is 0 Å². The Labute approximate surface area is 70.3 Å². The predicted octanol–water partition coefficient (Wildman–Crippen LogP) is -1.19. The quantitative estimate of drug-likeness (QED) is 0.434. The van der Waals surface area contributed by atoms with Gasteiger partial charge in [-0.3, -0.25) is 0 Å². The third kappa shape index (κ3) is 2.77. The molecule has 0 heterocycles. The van der Waals surface area contributed by atoms with Crippen LogP contribution in [-0.4, -0.2) is 44.7 Å². The SMILES string of the molecule is CC(C)C(O)C(O)C(O)C(=O)O. The molecule has 0 aliphatic carbocycles. The van der Waals surface area contributed by atoms with Gasteiger partial charge in [0, 0.05) is 0 Å². The van der Waals surface area contributed by atoms with Gasteiger partial charge in [-0.25, -0.2) is 4.79 Å². The molecule has 0 saturated carbocycles. The fraction of sp³-hybridized carbons (Fsp3) is 0.857. The van der Waals surface area contributed by atoms with Crippen LogP contribution >= 0.6 is 0 Å². The number of aliphatic hydroxyl groups is 3. The fourth-order valence-electron chi connectivity index (χ4n) is 0.727. The molecule has 0 radical (unpaired) electrons. The third-order valence-corrected chi connectivity index (χ3v) is 1.61. The number of carboxylic acids is 1. The molecule has 0 bridgehead atoms. The molecule has 3 unspecified atom stereocenters. The molecule has 0 aromatic rings. The maximum absolute atomic E-state index is 10.1. The normalized spacial score (nSPS) is 18.8. The summed E-state index contributed by atoms with van der Waals surface area (Å²) in [7, 11) is 0. The first-order chi connectivity index (χ1) is 5.37. The topological polar surface area (TPSA) is 98.0 Å². The zero-order valence-corrected chi connectivity index (χ0v) is 7.01. The Bertz CT molecular complexity index is 156. The zero-order chi connectivity index (χ0) is 9.89. The first-order valence-corrected chi connectivity index (χ1v) is 3.65. The summed E-state index contributed by atoms with van der Waals surface area (Å²) in [6.07, 6.45) is -4.79. The number of carbonyl (C=O) groups is 1. The molecule has 0 fully saturated rings. The van der Waals surface area contributed by atoms with Crippen LogP contribution in [0.1, 0.15) is 13.8 Å². The molecule has 0 aliphatic rings. The Morgan fingerprint density at radius 3 is 1.75 bits per heavy atom. The van der Waals surface area contributed by atoms with E-state index in [0.717, 1.165) is 0 Å². The Morgan fingerprint density at radius 2 is 1.50 bits per heavy atom. The lowest BCUT2D eigenvalue weighted by molar-refractivity contribution is -0.159. The van der Waals surface area contributed by atoms with Gasteiger partial charge < -0.3 is 20.4 Å². The predicted molar refractivity (Wildman–Crippen MR) is 40.5 cm³/mol. The average molecular weight is 178 g/mol. The summed E-state index contributed by atoms with van der Waals surface area (Å²) in [6.45, 7) is 3.23. The Hall–Kier alpha value is -0.650. The maximum Gasteiger partial charge on any atom is 0.335 e. The van der Waals surface area contributed by atoms with Gasteiger partial charge in [0.25, 0.3) is 0 Å². The van der Waals surface area contributed by atoms with Crippen LogP contribution in [-0.2, 0) is 4.79 Å². The van der Waals surface area contributed by atoms with Gasteiger partial charge in [0.15, 0.2) is 6.10 Å². The lowest BCUT2D eigenvalue weighted by atomic mass is 9.98. The second-order valence-corrected chi connectivity index (χ2v) is 3.01. The molecule has 0 spiro atoms. The largest absolute Gasteiger partial charge is 0.479 e. The first-order valence-electron chi connectivity index (χ1n) is 3.65. The second kappa shape index (κ2) is 4.39. The minimum absolute atomic E-state index is 0.297. The molecule has 0 rings (SSSR count). The van der Waals surface area contributed by atoms with E-state index in [1.807, 2.05) is 0 Å². The van der Waals surface area contributed by atoms with Crippen LogP contribution in [0.25, 0.3) is 0 Å². The molecule has 3 atom stereocenters. The Morgan fingerprint density at radius 1 is 1.08 bits per heavy atom. The summed E-state index contributed by atoms with van der Waals surface area (Å²) in [6, 6.07) is 0. The number of rotatable bonds is 4. The van der Waals surface area contributed by atoms with Gasteiger partial charge in [0.05, 0.1) is 6.10 Å². The van der Waals surface area contributed by atoms with Gasteiger partial charge in [-0.15, -0.1) is 0 Å². The van der Waals surface area contributed by atoms with Crippen molar-refractivity contribution in [1.82, 2.24) is 0 Å². The number of hydrogen-bond acceptors (Lipinski definition) is 4. The molecular formula is C7H14O5. The van der Waals surface area contributed by atoms with Crippen LogP contribution in [0, 0.1) is 5.92 Å². The molecule has 0 aliphatic heterocycles. The number of carboxylic acid groups (broad SMARTS) is 1. The molecule has 4 N–H and O–H groups in total. The van der Waals surface area contributed by atoms with E-state index in [-0.39, 0.29) is 5.92 Å². The van der Waals surface area contributed by atoms with Gasteiger partial charge >= 0.3 is 5.97 Å². The van der Waals surface area contributed by atoms with Crippen molar-refractivity contribution in [2.45, 2.75) is 32.2 Å². The molecule has 12 heavy (non-hydrogen) atoms. The monoisotopic (exact) mass is 178 g/mol. The molecule has 72 valence electrons. The van der Waals surface area contributed by atoms with Crippen molar-refractivity contribution in [2.24, 2.45) is 5.92 Å². The van der Waals surface area contributed by atoms with Crippen molar-refractivity contribution >= 4 is 5.97 Å². The third-order valence-electron chi connectivity index (χ3n) is 1.61. The van der Waals surface area contributed by atoms with E-state index in [0.29, 0.717) is 0 Å². The maximum atomic E-state index is 10.1. The van der Waals surface area contributed by atoms with Crippen LogP contribution in [0.2, 0.25) is 0 Å². The summed E-state index contributed by atoms with van der Waals surface area (Å²) >= 11 is 0. The lowest BCUT2D eigenvalue weighted by Crippen LogP contribution is -2.44. The minimum Gasteiger partial charge on any atom is -0.479 e. The summed E-state index contributed by atoms with van der Waals surface area (Å²) < 4.78 is 0. The summed E-state index contributed by atoms with van der Waals surface area (Å²) in [5.41, 5.74) is 0. The first kappa shape index (κ1) is 11.4. The molecule has 0 aromatic carbocycles. The molecule has 5 heteroatoms. The fourth-order valence-corrected chi connectivity index (χ4v) is 0.727. The van der Waals surface area contributed by atoms with E-state index in [1.54, 1.807) is 13.8 Å². The van der Waals surface area contributed by atoms with Crippen molar-refractivity contribution in [2.75, 3.05) is 0 Å². The van der Waals surface area contributed by atoms with E-state index in [2.05, 4.69) is 0 Å². The second-order valence-electron chi connectivity index (χ2n) is 3.01. The Balaban J connectivity index is 4.18. The summed E-state index contributed by atoms with van der Waals surface area (Å²) in [5.74, 6) is -1.84. The average Bonchev–Trinajstić information content (AvgIpc) is 2.00. The van der Waals surface area contributed by atoms with Crippen LogP contribution in [0.3, 0.4) is 0 Å². The van der Waals surface area contributed by atoms with E-state index in [9.17, 15) is 4.79 Å². The minimum atomic E-state index is -1.93.